The van der Waals surface area contributed by atoms with Crippen LogP contribution >= 0.6 is 0 Å². The van der Waals surface area contributed by atoms with Crippen LogP contribution in [-0.4, -0.2) is 45.1 Å². The smallest absolute Gasteiger partial charge is 0.261 e. The molecule has 3 rings (SSSR count). The van der Waals surface area contributed by atoms with Crippen molar-refractivity contribution < 1.29 is 9.47 Å². The minimum Gasteiger partial charge on any atom is -0.497 e. The van der Waals surface area contributed by atoms with Crippen LogP contribution in [0.1, 0.15) is 12.2 Å². The van der Waals surface area contributed by atoms with Gasteiger partial charge in [-0.05, 0) is 24.6 Å². The topological polar surface area (TPSA) is 84.1 Å². The molecule has 0 spiro atoms. The fourth-order valence-electron chi connectivity index (χ4n) is 2.50. The fourth-order valence-corrected chi connectivity index (χ4v) is 2.50. The summed E-state index contributed by atoms with van der Waals surface area (Å²) in [5.74, 6) is 1.33. The Balaban J connectivity index is 1.89. The van der Waals surface area contributed by atoms with Gasteiger partial charge in [0, 0.05) is 20.3 Å². The van der Waals surface area contributed by atoms with Crippen molar-refractivity contribution in [1.82, 2.24) is 24.3 Å². The number of ether oxygens (including phenoxy) is 2. The number of rotatable bonds is 7. The molecule has 3 aromatic rings. The van der Waals surface area contributed by atoms with E-state index in [1.54, 1.807) is 38.7 Å². The van der Waals surface area contributed by atoms with Crippen molar-refractivity contribution >= 4 is 10.9 Å². The molecule has 8 heteroatoms. The summed E-state index contributed by atoms with van der Waals surface area (Å²) in [5.41, 5.74) is 0.504. The number of nitrogens with zero attached hydrogens (tertiary/aromatic N) is 5. The van der Waals surface area contributed by atoms with Crippen molar-refractivity contribution in [2.24, 2.45) is 0 Å². The first-order chi connectivity index (χ1) is 11.7. The quantitative estimate of drug-likeness (QED) is 0.603. The van der Waals surface area contributed by atoms with E-state index >= 15 is 0 Å². The molecule has 0 saturated heterocycles. The average molecular weight is 329 g/mol. The minimum absolute atomic E-state index is 0.134. The Morgan fingerprint density at radius 2 is 2.04 bits per heavy atom. The first kappa shape index (κ1) is 16.1. The Morgan fingerprint density at radius 3 is 2.83 bits per heavy atom. The van der Waals surface area contributed by atoms with Gasteiger partial charge in [0.25, 0.3) is 5.56 Å². The molecular weight excluding hydrogens is 310 g/mol. The molecule has 0 fully saturated rings. The third-order valence-electron chi connectivity index (χ3n) is 3.79. The van der Waals surface area contributed by atoms with Gasteiger partial charge < -0.3 is 14.0 Å². The number of hydrogen-bond acceptors (Lipinski definition) is 6. The lowest BCUT2D eigenvalue weighted by Crippen LogP contribution is -2.23. The van der Waals surface area contributed by atoms with Crippen LogP contribution in [0.2, 0.25) is 0 Å². The lowest BCUT2D eigenvalue weighted by atomic mass is 10.2. The molecule has 0 amide bonds. The van der Waals surface area contributed by atoms with Crippen molar-refractivity contribution in [3.8, 4) is 5.75 Å². The minimum atomic E-state index is -0.134. The van der Waals surface area contributed by atoms with E-state index in [0.29, 0.717) is 35.6 Å². The predicted molar refractivity (Wildman–Crippen MR) is 88.2 cm³/mol. The summed E-state index contributed by atoms with van der Waals surface area (Å²) in [5, 5.41) is 8.55. The second-order valence-electron chi connectivity index (χ2n) is 5.35. The molecule has 1 aromatic carbocycles. The third kappa shape index (κ3) is 3.28. The molecule has 126 valence electrons. The van der Waals surface area contributed by atoms with Gasteiger partial charge in [0.15, 0.2) is 5.82 Å². The number of aryl methyl sites for hydroxylation is 1. The third-order valence-corrected chi connectivity index (χ3v) is 3.79. The van der Waals surface area contributed by atoms with E-state index in [9.17, 15) is 4.79 Å². The maximum atomic E-state index is 12.7. The van der Waals surface area contributed by atoms with E-state index in [1.165, 1.54) is 10.9 Å². The molecule has 0 radical (unpaired) electrons. The maximum Gasteiger partial charge on any atom is 0.261 e. The first-order valence-electron chi connectivity index (χ1n) is 7.61. The molecule has 0 N–H and O–H groups in total. The van der Waals surface area contributed by atoms with Gasteiger partial charge in [-0.25, -0.2) is 4.98 Å². The van der Waals surface area contributed by atoms with Gasteiger partial charge in [0.2, 0.25) is 0 Å². The highest BCUT2D eigenvalue weighted by atomic mass is 16.5. The van der Waals surface area contributed by atoms with Gasteiger partial charge in [-0.3, -0.25) is 9.36 Å². The van der Waals surface area contributed by atoms with E-state index in [4.69, 9.17) is 9.47 Å². The zero-order valence-electron chi connectivity index (χ0n) is 13.7. The van der Waals surface area contributed by atoms with Gasteiger partial charge in [-0.2, -0.15) is 0 Å². The molecule has 2 heterocycles. The van der Waals surface area contributed by atoms with Gasteiger partial charge >= 0.3 is 0 Å². The standard InChI is InChI=1S/C16H19N5O3/c1-23-7-3-6-20-11-18-19-15(20)9-21-10-17-14-5-4-12(24-2)8-13(14)16(21)22/h4-5,8,10-11H,3,6-7,9H2,1-2H3. The summed E-state index contributed by atoms with van der Waals surface area (Å²) in [6, 6.07) is 5.25. The predicted octanol–water partition coefficient (Wildman–Crippen LogP) is 1.08. The van der Waals surface area contributed by atoms with Crippen molar-refractivity contribution in [2.75, 3.05) is 20.8 Å². The zero-order valence-corrected chi connectivity index (χ0v) is 13.7. The second kappa shape index (κ2) is 7.22. The average Bonchev–Trinajstić information content (AvgIpc) is 3.04. The van der Waals surface area contributed by atoms with Gasteiger partial charge in [0.1, 0.15) is 12.1 Å². The van der Waals surface area contributed by atoms with Gasteiger partial charge in [0.05, 0.1) is 30.9 Å². The van der Waals surface area contributed by atoms with Crippen LogP contribution in [0, 0.1) is 0 Å². The summed E-state index contributed by atoms with van der Waals surface area (Å²) in [6.45, 7) is 1.71. The highest BCUT2D eigenvalue weighted by Gasteiger charge is 2.10. The lowest BCUT2D eigenvalue weighted by molar-refractivity contribution is 0.190. The molecule has 0 unspecified atom stereocenters. The van der Waals surface area contributed by atoms with Gasteiger partial charge in [-0.1, -0.05) is 0 Å². The largest absolute Gasteiger partial charge is 0.497 e. The van der Waals surface area contributed by atoms with Crippen LogP contribution in [-0.2, 0) is 17.8 Å². The summed E-state index contributed by atoms with van der Waals surface area (Å²) < 4.78 is 13.7. The van der Waals surface area contributed by atoms with Crippen LogP contribution < -0.4 is 10.3 Å². The van der Waals surface area contributed by atoms with Crippen LogP contribution in [0.25, 0.3) is 10.9 Å². The normalized spacial score (nSPS) is 11.1. The first-order valence-corrected chi connectivity index (χ1v) is 7.61. The number of benzene rings is 1. The highest BCUT2D eigenvalue weighted by molar-refractivity contribution is 5.78. The SMILES string of the molecule is COCCCn1cnnc1Cn1cnc2ccc(OC)cc2c1=O. The summed E-state index contributed by atoms with van der Waals surface area (Å²) >= 11 is 0. The van der Waals surface area contributed by atoms with Crippen molar-refractivity contribution in [3.05, 3.63) is 47.0 Å². The Kier molecular flexibility index (Phi) is 4.85. The van der Waals surface area contributed by atoms with Crippen molar-refractivity contribution in [1.29, 1.82) is 0 Å². The van der Waals surface area contributed by atoms with Crippen LogP contribution in [0.4, 0.5) is 0 Å². The number of fused-ring (bicyclic) bond motifs is 1. The Morgan fingerprint density at radius 1 is 1.17 bits per heavy atom. The molecule has 0 aliphatic carbocycles. The van der Waals surface area contributed by atoms with E-state index < -0.39 is 0 Å². The van der Waals surface area contributed by atoms with Crippen molar-refractivity contribution in [3.63, 3.8) is 0 Å². The summed E-state index contributed by atoms with van der Waals surface area (Å²) in [7, 11) is 3.24. The summed E-state index contributed by atoms with van der Waals surface area (Å²) in [4.78, 5) is 17.0. The molecule has 0 bridgehead atoms. The molecule has 24 heavy (non-hydrogen) atoms. The monoisotopic (exact) mass is 329 g/mol. The van der Waals surface area contributed by atoms with E-state index in [-0.39, 0.29) is 5.56 Å². The van der Waals surface area contributed by atoms with Crippen LogP contribution in [0.5, 0.6) is 5.75 Å². The van der Waals surface area contributed by atoms with Crippen LogP contribution in [0.3, 0.4) is 0 Å². The maximum absolute atomic E-state index is 12.7. The molecule has 0 atom stereocenters. The fraction of sp³-hybridized carbons (Fsp3) is 0.375. The molecule has 2 aromatic heterocycles. The lowest BCUT2D eigenvalue weighted by Gasteiger charge is -2.09. The Labute approximate surface area is 138 Å². The molecule has 0 aliphatic heterocycles. The van der Waals surface area contributed by atoms with E-state index in [0.717, 1.165) is 13.0 Å². The Hall–Kier alpha value is -2.74. The highest BCUT2D eigenvalue weighted by Crippen LogP contribution is 2.16. The molecule has 0 saturated carbocycles. The molecular formula is C16H19N5O3. The number of aromatic nitrogens is 5. The molecule has 8 nitrogen and oxygen atoms in total. The van der Waals surface area contributed by atoms with E-state index in [2.05, 4.69) is 15.2 Å². The summed E-state index contributed by atoms with van der Waals surface area (Å²) in [6.07, 6.45) is 4.04. The van der Waals surface area contributed by atoms with E-state index in [1.807, 2.05) is 4.57 Å². The zero-order chi connectivity index (χ0) is 16.9. The second-order valence-corrected chi connectivity index (χ2v) is 5.35. The Bertz CT molecular complexity index is 887. The number of hydrogen-bond donors (Lipinski definition) is 0. The van der Waals surface area contributed by atoms with Gasteiger partial charge in [-0.15, -0.1) is 10.2 Å². The number of methoxy groups -OCH3 is 2. The molecule has 0 aliphatic rings. The van der Waals surface area contributed by atoms with Crippen molar-refractivity contribution in [2.45, 2.75) is 19.5 Å². The van der Waals surface area contributed by atoms with Crippen LogP contribution in [0.15, 0.2) is 35.6 Å².